The van der Waals surface area contributed by atoms with Crippen LogP contribution in [0.3, 0.4) is 0 Å². The van der Waals surface area contributed by atoms with Crippen molar-refractivity contribution in [2.45, 2.75) is 0 Å². The maximum absolute atomic E-state index is 2.49. The molecule has 20 aromatic rings. The first-order chi connectivity index (χ1) is 49.6. The van der Waals surface area contributed by atoms with Crippen LogP contribution in [0.1, 0.15) is 0 Å². The summed E-state index contributed by atoms with van der Waals surface area (Å²) in [7, 11) is 0. The van der Waals surface area contributed by atoms with E-state index in [0.29, 0.717) is 0 Å². The van der Waals surface area contributed by atoms with Gasteiger partial charge in [0.25, 0.3) is 0 Å². The lowest BCUT2D eigenvalue weighted by atomic mass is 9.98. The van der Waals surface area contributed by atoms with Crippen LogP contribution in [0.25, 0.3) is 177 Å². The van der Waals surface area contributed by atoms with Gasteiger partial charge in [0.2, 0.25) is 0 Å². The molecule has 4 aromatic heterocycles. The molecule has 4 heteroatoms. The molecule has 20 rings (SSSR count). The SMILES string of the molecule is c1ccc(-c2cc(-c3ccccc3)cc(-n3c4cc(-c5ccccc5)ccc4c4cc5c6ccccc6n(-c6ccccc6)c5cc43)c2)cc1.c1ccc(-c2ccc(-n3c4ccc(-c5ccccc5)cc4c4cc5c6ccccc6n(-c6cccc(-c7ccccc7)c6)c5cc43)cc2)cc1. The van der Waals surface area contributed by atoms with E-state index in [1.54, 1.807) is 0 Å². The van der Waals surface area contributed by atoms with E-state index in [-0.39, 0.29) is 0 Å². The topological polar surface area (TPSA) is 19.7 Å². The van der Waals surface area contributed by atoms with Gasteiger partial charge in [0.05, 0.1) is 44.1 Å². The average molecular weight is 1270 g/mol. The molecule has 0 aliphatic heterocycles. The smallest absolute Gasteiger partial charge is 0.0562 e. The predicted octanol–water partition coefficient (Wildman–Crippen LogP) is 25.8. The second-order valence-corrected chi connectivity index (χ2v) is 26.0. The Morgan fingerprint density at radius 3 is 0.880 bits per heavy atom. The maximum atomic E-state index is 2.49. The molecule has 4 nitrogen and oxygen atoms in total. The molecule has 0 aliphatic carbocycles. The normalized spacial score (nSPS) is 11.6. The van der Waals surface area contributed by atoms with Gasteiger partial charge < -0.3 is 18.3 Å². The summed E-state index contributed by atoms with van der Waals surface area (Å²) in [6.45, 7) is 0. The molecule has 0 bridgehead atoms. The lowest BCUT2D eigenvalue weighted by Gasteiger charge is -2.15. The van der Waals surface area contributed by atoms with Gasteiger partial charge in [-0.05, 0) is 176 Å². The van der Waals surface area contributed by atoms with Gasteiger partial charge in [-0.2, -0.15) is 0 Å². The Balaban J connectivity index is 0.000000139. The lowest BCUT2D eigenvalue weighted by molar-refractivity contribution is 1.16. The predicted molar refractivity (Wildman–Crippen MR) is 423 cm³/mol. The minimum absolute atomic E-state index is 1.14. The van der Waals surface area contributed by atoms with E-state index in [2.05, 4.69) is 407 Å². The zero-order valence-electron chi connectivity index (χ0n) is 54.7. The van der Waals surface area contributed by atoms with Gasteiger partial charge in [-0.25, -0.2) is 0 Å². The van der Waals surface area contributed by atoms with Gasteiger partial charge in [0.15, 0.2) is 0 Å². The van der Waals surface area contributed by atoms with E-state index in [0.717, 1.165) is 22.7 Å². The Morgan fingerprint density at radius 2 is 0.390 bits per heavy atom. The molecule has 0 amide bonds. The number of aromatic nitrogens is 4. The van der Waals surface area contributed by atoms with Gasteiger partial charge >= 0.3 is 0 Å². The first kappa shape index (κ1) is 58.1. The maximum Gasteiger partial charge on any atom is 0.0562 e. The molecule has 4 heterocycles. The summed E-state index contributed by atoms with van der Waals surface area (Å²) in [4.78, 5) is 0. The van der Waals surface area contributed by atoms with E-state index in [1.165, 1.54) is 154 Å². The molecule has 0 aliphatic rings. The Bertz CT molecular complexity index is 6390. The molecule has 0 fully saturated rings. The lowest BCUT2D eigenvalue weighted by Crippen LogP contribution is -1.97. The third-order valence-corrected chi connectivity index (χ3v) is 20.2. The molecule has 0 saturated carbocycles. The molecule has 0 spiro atoms. The summed E-state index contributed by atoms with van der Waals surface area (Å²) < 4.78 is 9.78. The third kappa shape index (κ3) is 10.1. The first-order valence-corrected chi connectivity index (χ1v) is 34.4. The third-order valence-electron chi connectivity index (χ3n) is 20.2. The number of para-hydroxylation sites is 3. The van der Waals surface area contributed by atoms with Crippen LogP contribution in [-0.2, 0) is 0 Å². The highest BCUT2D eigenvalue weighted by atomic mass is 15.0. The zero-order valence-corrected chi connectivity index (χ0v) is 54.7. The van der Waals surface area contributed by atoms with Crippen LogP contribution in [0.5, 0.6) is 0 Å². The minimum atomic E-state index is 1.14. The second kappa shape index (κ2) is 24.4. The Morgan fingerprint density at radius 1 is 0.110 bits per heavy atom. The fourth-order valence-electron chi connectivity index (χ4n) is 15.5. The molecule has 468 valence electrons. The van der Waals surface area contributed by atoms with E-state index < -0.39 is 0 Å². The molecule has 100 heavy (non-hydrogen) atoms. The Kier molecular flexibility index (Phi) is 14.2. The van der Waals surface area contributed by atoms with Gasteiger partial charge in [0, 0.05) is 65.8 Å². The molecular formula is C96H64N4. The van der Waals surface area contributed by atoms with Crippen molar-refractivity contribution in [1.82, 2.24) is 18.3 Å². The van der Waals surface area contributed by atoms with Gasteiger partial charge in [-0.15, -0.1) is 0 Å². The monoisotopic (exact) mass is 1270 g/mol. The van der Waals surface area contributed by atoms with E-state index >= 15 is 0 Å². The molecule has 0 radical (unpaired) electrons. The van der Waals surface area contributed by atoms with Crippen molar-refractivity contribution in [3.05, 3.63) is 388 Å². The van der Waals surface area contributed by atoms with Crippen molar-refractivity contribution in [2.24, 2.45) is 0 Å². The van der Waals surface area contributed by atoms with Gasteiger partial charge in [-0.3, -0.25) is 0 Å². The summed E-state index contributed by atoms with van der Waals surface area (Å²) in [5.74, 6) is 0. The first-order valence-electron chi connectivity index (χ1n) is 34.4. The van der Waals surface area contributed by atoms with Crippen molar-refractivity contribution >= 4 is 87.2 Å². The molecule has 0 unspecified atom stereocenters. The van der Waals surface area contributed by atoms with Crippen molar-refractivity contribution in [2.75, 3.05) is 0 Å². The second-order valence-electron chi connectivity index (χ2n) is 26.0. The van der Waals surface area contributed by atoms with Gasteiger partial charge in [-0.1, -0.05) is 279 Å². The van der Waals surface area contributed by atoms with Crippen LogP contribution in [0.15, 0.2) is 388 Å². The number of hydrogen-bond acceptors (Lipinski definition) is 0. The van der Waals surface area contributed by atoms with E-state index in [1.807, 2.05) is 0 Å². The fraction of sp³-hybridized carbons (Fsp3) is 0. The Hall–Kier alpha value is -13.3. The van der Waals surface area contributed by atoms with Crippen molar-refractivity contribution in [3.63, 3.8) is 0 Å². The van der Waals surface area contributed by atoms with Crippen LogP contribution in [-0.4, -0.2) is 18.3 Å². The zero-order chi connectivity index (χ0) is 66.0. The van der Waals surface area contributed by atoms with E-state index in [4.69, 9.17) is 0 Å². The summed E-state index contributed by atoms with van der Waals surface area (Å²) >= 11 is 0. The number of nitrogens with zero attached hydrogens (tertiary/aromatic N) is 4. The average Bonchev–Trinajstić information content (AvgIpc) is 1.56. The van der Waals surface area contributed by atoms with Crippen LogP contribution >= 0.6 is 0 Å². The minimum Gasteiger partial charge on any atom is -0.309 e. The molecule has 0 saturated heterocycles. The Labute approximate surface area is 579 Å². The standard InChI is InChI=1S/2C48H32N2/c1-5-15-33(16-6-1)36-25-26-42-44-31-43-41-23-13-14-24-45(41)49(39-21-11-4-12-22-39)47(43)32-48(44)50(46(42)30-36)40-28-37(34-17-7-2-8-18-34)27-38(29-40)35-19-9-3-10-20-35;1-4-13-33(14-5-1)36-23-26-39(27-24-36)49-46-28-25-38(35-17-8-3-9-18-35)30-42(46)44-31-43-41-21-10-11-22-45(41)50(47(43)32-48(44)49)40-20-12-19-37(29-40)34-15-6-2-7-16-34/h2*1-32H. The van der Waals surface area contributed by atoms with Crippen LogP contribution in [0.4, 0.5) is 0 Å². The van der Waals surface area contributed by atoms with Crippen molar-refractivity contribution in [3.8, 4) is 89.5 Å². The summed E-state index contributed by atoms with van der Waals surface area (Å²) in [6, 6.07) is 141. The molecule has 0 N–H and O–H groups in total. The van der Waals surface area contributed by atoms with Crippen molar-refractivity contribution < 1.29 is 0 Å². The highest BCUT2D eigenvalue weighted by molar-refractivity contribution is 6.21. The molecular weight excluding hydrogens is 1210 g/mol. The van der Waals surface area contributed by atoms with Gasteiger partial charge in [0.1, 0.15) is 0 Å². The van der Waals surface area contributed by atoms with Crippen LogP contribution in [0, 0.1) is 0 Å². The van der Waals surface area contributed by atoms with E-state index in [9.17, 15) is 0 Å². The summed E-state index contributed by atoms with van der Waals surface area (Å²) in [5, 5.41) is 10.00. The van der Waals surface area contributed by atoms with Crippen LogP contribution in [0.2, 0.25) is 0 Å². The molecule has 0 atom stereocenters. The summed E-state index contributed by atoms with van der Waals surface area (Å²) in [5.41, 5.74) is 28.6. The largest absolute Gasteiger partial charge is 0.309 e. The van der Waals surface area contributed by atoms with Crippen LogP contribution < -0.4 is 0 Å². The van der Waals surface area contributed by atoms with Crippen molar-refractivity contribution in [1.29, 1.82) is 0 Å². The highest BCUT2D eigenvalue weighted by Gasteiger charge is 2.23. The number of benzene rings is 16. The summed E-state index contributed by atoms with van der Waals surface area (Å²) in [6.07, 6.45) is 0. The number of rotatable bonds is 10. The number of hydrogen-bond donors (Lipinski definition) is 0. The molecule has 16 aromatic carbocycles. The quantitative estimate of drug-likeness (QED) is 0.130. The number of fused-ring (bicyclic) bond motifs is 12. The highest BCUT2D eigenvalue weighted by Crippen LogP contribution is 2.45. The fourth-order valence-corrected chi connectivity index (χ4v) is 15.5.